The SMILES string of the molecule is Cn1ncnc1Cn1ccc2ccc(Br)cc21. The van der Waals surface area contributed by atoms with Crippen LogP contribution >= 0.6 is 15.9 Å². The Hall–Kier alpha value is -1.62. The topological polar surface area (TPSA) is 35.6 Å². The Labute approximate surface area is 107 Å². The van der Waals surface area contributed by atoms with E-state index in [0.29, 0.717) is 0 Å². The van der Waals surface area contributed by atoms with Crippen LogP contribution in [0.3, 0.4) is 0 Å². The summed E-state index contributed by atoms with van der Waals surface area (Å²) in [5.41, 5.74) is 1.20. The van der Waals surface area contributed by atoms with Crippen LogP contribution < -0.4 is 0 Å². The highest BCUT2D eigenvalue weighted by molar-refractivity contribution is 9.10. The van der Waals surface area contributed by atoms with E-state index in [1.807, 2.05) is 7.05 Å². The maximum atomic E-state index is 4.24. The molecule has 0 unspecified atom stereocenters. The molecule has 5 heteroatoms. The number of aryl methyl sites for hydroxylation is 1. The molecule has 0 saturated carbocycles. The maximum absolute atomic E-state index is 4.24. The second-order valence-corrected chi connectivity index (χ2v) is 4.86. The van der Waals surface area contributed by atoms with E-state index in [0.717, 1.165) is 16.8 Å². The highest BCUT2D eigenvalue weighted by atomic mass is 79.9. The van der Waals surface area contributed by atoms with Crippen LogP contribution in [0, 0.1) is 0 Å². The van der Waals surface area contributed by atoms with E-state index in [1.54, 1.807) is 11.0 Å². The Kier molecular flexibility index (Phi) is 2.48. The van der Waals surface area contributed by atoms with Crippen molar-refractivity contribution in [2.75, 3.05) is 0 Å². The first kappa shape index (κ1) is 10.5. The zero-order valence-electron chi connectivity index (χ0n) is 9.34. The van der Waals surface area contributed by atoms with E-state index in [1.165, 1.54) is 10.9 Å². The molecule has 0 bridgehead atoms. The summed E-state index contributed by atoms with van der Waals surface area (Å²) in [6.07, 6.45) is 3.66. The molecule has 0 amide bonds. The quantitative estimate of drug-likeness (QED) is 0.727. The molecule has 17 heavy (non-hydrogen) atoms. The van der Waals surface area contributed by atoms with Crippen molar-refractivity contribution < 1.29 is 0 Å². The van der Waals surface area contributed by atoms with Crippen molar-refractivity contribution in [2.45, 2.75) is 6.54 Å². The molecule has 0 atom stereocenters. The molecule has 0 aliphatic heterocycles. The Balaban J connectivity index is 2.06. The number of rotatable bonds is 2. The number of nitrogens with zero attached hydrogens (tertiary/aromatic N) is 4. The molecule has 86 valence electrons. The van der Waals surface area contributed by atoms with Crippen molar-refractivity contribution in [3.63, 3.8) is 0 Å². The van der Waals surface area contributed by atoms with Gasteiger partial charge >= 0.3 is 0 Å². The number of halogens is 1. The van der Waals surface area contributed by atoms with Crippen LogP contribution in [0.2, 0.25) is 0 Å². The summed E-state index contributed by atoms with van der Waals surface area (Å²) in [7, 11) is 1.91. The smallest absolute Gasteiger partial charge is 0.146 e. The molecule has 2 heterocycles. The van der Waals surface area contributed by atoms with Crippen molar-refractivity contribution in [2.24, 2.45) is 7.05 Å². The predicted octanol–water partition coefficient (Wildman–Crippen LogP) is 2.58. The second-order valence-electron chi connectivity index (χ2n) is 3.95. The minimum Gasteiger partial charge on any atom is -0.340 e. The predicted molar refractivity (Wildman–Crippen MR) is 69.7 cm³/mol. The van der Waals surface area contributed by atoms with E-state index in [2.05, 4.69) is 61.0 Å². The highest BCUT2D eigenvalue weighted by Crippen LogP contribution is 2.21. The molecular formula is C12H11BrN4. The first-order valence-corrected chi connectivity index (χ1v) is 6.10. The third kappa shape index (κ3) is 1.86. The van der Waals surface area contributed by atoms with E-state index < -0.39 is 0 Å². The molecule has 0 spiro atoms. The largest absolute Gasteiger partial charge is 0.340 e. The number of hydrogen-bond acceptors (Lipinski definition) is 2. The Bertz CT molecular complexity index is 668. The van der Waals surface area contributed by atoms with Crippen molar-refractivity contribution in [1.82, 2.24) is 19.3 Å². The molecule has 1 aromatic carbocycles. The average Bonchev–Trinajstić information content (AvgIpc) is 2.88. The highest BCUT2D eigenvalue weighted by Gasteiger charge is 2.05. The molecule has 0 fully saturated rings. The van der Waals surface area contributed by atoms with Crippen LogP contribution in [-0.4, -0.2) is 19.3 Å². The molecule has 0 N–H and O–H groups in total. The van der Waals surface area contributed by atoms with Gasteiger partial charge in [-0.2, -0.15) is 5.10 Å². The third-order valence-electron chi connectivity index (χ3n) is 2.85. The van der Waals surface area contributed by atoms with Crippen LogP contribution in [0.1, 0.15) is 5.82 Å². The number of aromatic nitrogens is 4. The average molecular weight is 291 g/mol. The molecule has 3 aromatic rings. The first-order chi connectivity index (χ1) is 8.24. The minimum absolute atomic E-state index is 0.733. The van der Waals surface area contributed by atoms with Gasteiger partial charge in [-0.05, 0) is 23.6 Å². The second kappa shape index (κ2) is 4.00. The molecule has 0 aliphatic carbocycles. The lowest BCUT2D eigenvalue weighted by atomic mass is 10.2. The van der Waals surface area contributed by atoms with Gasteiger partial charge in [0.2, 0.25) is 0 Å². The zero-order valence-corrected chi connectivity index (χ0v) is 10.9. The summed E-state index contributed by atoms with van der Waals surface area (Å²) in [4.78, 5) is 4.24. The lowest BCUT2D eigenvalue weighted by molar-refractivity contribution is 0.664. The fourth-order valence-corrected chi connectivity index (χ4v) is 2.26. The van der Waals surface area contributed by atoms with Crippen LogP contribution in [0.4, 0.5) is 0 Å². The van der Waals surface area contributed by atoms with Crippen LogP contribution in [0.15, 0.2) is 41.3 Å². The maximum Gasteiger partial charge on any atom is 0.146 e. The van der Waals surface area contributed by atoms with Gasteiger partial charge in [-0.25, -0.2) is 4.98 Å². The van der Waals surface area contributed by atoms with E-state index in [9.17, 15) is 0 Å². The number of fused-ring (bicyclic) bond motifs is 1. The normalized spacial score (nSPS) is 11.2. The molecule has 4 nitrogen and oxygen atoms in total. The number of hydrogen-bond donors (Lipinski definition) is 0. The van der Waals surface area contributed by atoms with E-state index in [-0.39, 0.29) is 0 Å². The van der Waals surface area contributed by atoms with Crippen molar-refractivity contribution >= 4 is 26.8 Å². The molecule has 2 aromatic heterocycles. The van der Waals surface area contributed by atoms with E-state index in [4.69, 9.17) is 0 Å². The fourth-order valence-electron chi connectivity index (χ4n) is 1.91. The van der Waals surface area contributed by atoms with Crippen LogP contribution in [0.5, 0.6) is 0 Å². The van der Waals surface area contributed by atoms with E-state index >= 15 is 0 Å². The van der Waals surface area contributed by atoms with Crippen LogP contribution in [0.25, 0.3) is 10.9 Å². The van der Waals surface area contributed by atoms with Crippen molar-refractivity contribution in [1.29, 1.82) is 0 Å². The first-order valence-electron chi connectivity index (χ1n) is 5.31. The molecule has 0 saturated heterocycles. The van der Waals surface area contributed by atoms with Gasteiger partial charge in [-0.1, -0.05) is 22.0 Å². The Morgan fingerprint density at radius 2 is 2.18 bits per heavy atom. The summed E-state index contributed by atoms with van der Waals surface area (Å²) < 4.78 is 5.05. The Morgan fingerprint density at radius 3 is 2.94 bits per heavy atom. The van der Waals surface area contributed by atoms with Gasteiger partial charge in [0.05, 0.1) is 6.54 Å². The minimum atomic E-state index is 0.733. The summed E-state index contributed by atoms with van der Waals surface area (Å²) in [6.45, 7) is 0.733. The molecule has 0 radical (unpaired) electrons. The molecule has 0 aliphatic rings. The van der Waals surface area contributed by atoms with Gasteiger partial charge in [0.15, 0.2) is 0 Å². The Morgan fingerprint density at radius 1 is 1.29 bits per heavy atom. The fraction of sp³-hybridized carbons (Fsp3) is 0.167. The van der Waals surface area contributed by atoms with Gasteiger partial charge in [0.25, 0.3) is 0 Å². The zero-order chi connectivity index (χ0) is 11.8. The van der Waals surface area contributed by atoms with Gasteiger partial charge in [0, 0.05) is 23.2 Å². The summed E-state index contributed by atoms with van der Waals surface area (Å²) in [5, 5.41) is 5.31. The standard InChI is InChI=1S/C12H11BrN4/c1-16-12(14-8-15-16)7-17-5-4-9-2-3-10(13)6-11(9)17/h2-6,8H,7H2,1H3. The van der Waals surface area contributed by atoms with Gasteiger partial charge in [0.1, 0.15) is 12.2 Å². The van der Waals surface area contributed by atoms with Crippen molar-refractivity contribution in [3.05, 3.63) is 47.1 Å². The number of benzene rings is 1. The third-order valence-corrected chi connectivity index (χ3v) is 3.35. The lowest BCUT2D eigenvalue weighted by Crippen LogP contribution is -2.05. The molecular weight excluding hydrogens is 280 g/mol. The summed E-state index contributed by atoms with van der Waals surface area (Å²) in [6, 6.07) is 8.38. The summed E-state index contributed by atoms with van der Waals surface area (Å²) >= 11 is 3.50. The summed E-state index contributed by atoms with van der Waals surface area (Å²) in [5.74, 6) is 0.947. The van der Waals surface area contributed by atoms with Crippen molar-refractivity contribution in [3.8, 4) is 0 Å². The monoisotopic (exact) mass is 290 g/mol. The lowest BCUT2D eigenvalue weighted by Gasteiger charge is -2.05. The van der Waals surface area contributed by atoms with Gasteiger partial charge < -0.3 is 4.57 Å². The van der Waals surface area contributed by atoms with Gasteiger partial charge in [-0.15, -0.1) is 0 Å². The van der Waals surface area contributed by atoms with Gasteiger partial charge in [-0.3, -0.25) is 4.68 Å². The molecule has 3 rings (SSSR count). The van der Waals surface area contributed by atoms with Crippen LogP contribution in [-0.2, 0) is 13.6 Å².